The van der Waals surface area contributed by atoms with E-state index >= 15 is 0 Å². The van der Waals surface area contributed by atoms with Gasteiger partial charge in [-0.3, -0.25) is 14.5 Å². The zero-order valence-electron chi connectivity index (χ0n) is 17.5. The van der Waals surface area contributed by atoms with E-state index in [9.17, 15) is 14.4 Å². The summed E-state index contributed by atoms with van der Waals surface area (Å²) in [5.74, 6) is -0.268. The molecule has 4 amide bonds. The van der Waals surface area contributed by atoms with Gasteiger partial charge in [-0.15, -0.1) is 0 Å². The maximum atomic E-state index is 13.2. The molecule has 0 aromatic heterocycles. The van der Waals surface area contributed by atoms with Crippen molar-refractivity contribution in [3.63, 3.8) is 0 Å². The molecule has 3 rings (SSSR count). The number of amides is 4. The molecule has 0 unspecified atom stereocenters. The largest absolute Gasteiger partial charge is 0.348 e. The van der Waals surface area contributed by atoms with E-state index in [2.05, 4.69) is 47.3 Å². The molecule has 1 aliphatic carbocycles. The Kier molecular flexibility index (Phi) is 6.08. The summed E-state index contributed by atoms with van der Waals surface area (Å²) in [5, 5.41) is 5.88. The van der Waals surface area contributed by atoms with Crippen LogP contribution >= 0.6 is 15.9 Å². The van der Waals surface area contributed by atoms with Crippen LogP contribution < -0.4 is 10.6 Å². The number of rotatable bonds is 5. The van der Waals surface area contributed by atoms with Crippen LogP contribution in [0.2, 0.25) is 0 Å². The van der Waals surface area contributed by atoms with E-state index in [-0.39, 0.29) is 29.8 Å². The third-order valence-electron chi connectivity index (χ3n) is 5.94. The number of hydrogen-bond acceptors (Lipinski definition) is 3. The summed E-state index contributed by atoms with van der Waals surface area (Å²) in [7, 11) is 0. The minimum atomic E-state index is -0.881. The smallest absolute Gasteiger partial charge is 0.325 e. The Hall–Kier alpha value is -1.89. The van der Waals surface area contributed by atoms with Gasteiger partial charge in [0.05, 0.1) is 6.04 Å². The van der Waals surface area contributed by atoms with Crippen molar-refractivity contribution in [2.24, 2.45) is 11.3 Å². The number of benzene rings is 1. The Bertz CT molecular complexity index is 808. The Morgan fingerprint density at radius 3 is 2.52 bits per heavy atom. The lowest BCUT2D eigenvalue weighted by Gasteiger charge is -2.43. The van der Waals surface area contributed by atoms with Gasteiger partial charge in [-0.1, -0.05) is 55.8 Å². The van der Waals surface area contributed by atoms with Crippen LogP contribution in [0, 0.1) is 11.3 Å². The van der Waals surface area contributed by atoms with E-state index < -0.39 is 11.6 Å². The van der Waals surface area contributed by atoms with Gasteiger partial charge < -0.3 is 10.6 Å². The first-order valence-corrected chi connectivity index (χ1v) is 11.0. The fourth-order valence-corrected chi connectivity index (χ4v) is 5.41. The molecule has 1 aromatic rings. The number of imide groups is 1. The van der Waals surface area contributed by atoms with Crippen LogP contribution in [0.15, 0.2) is 28.7 Å². The minimum Gasteiger partial charge on any atom is -0.348 e. The average molecular weight is 464 g/mol. The third kappa shape index (κ3) is 4.65. The molecule has 158 valence electrons. The van der Waals surface area contributed by atoms with Crippen LogP contribution in [0.25, 0.3) is 0 Å². The van der Waals surface area contributed by atoms with Crippen molar-refractivity contribution in [3.05, 3.63) is 34.3 Å². The second-order valence-corrected chi connectivity index (χ2v) is 10.3. The lowest BCUT2D eigenvalue weighted by molar-refractivity contribution is -0.137. The summed E-state index contributed by atoms with van der Waals surface area (Å²) in [4.78, 5) is 39.5. The molecule has 3 atom stereocenters. The quantitative estimate of drug-likeness (QED) is 0.643. The van der Waals surface area contributed by atoms with Crippen molar-refractivity contribution >= 4 is 33.8 Å². The second-order valence-electron chi connectivity index (χ2n) is 9.34. The number of carbonyl (C=O) groups excluding carboxylic acids is 3. The molecule has 6 nitrogen and oxygen atoms in total. The highest BCUT2D eigenvalue weighted by atomic mass is 79.9. The zero-order valence-corrected chi connectivity index (χ0v) is 19.1. The minimum absolute atomic E-state index is 0.0340. The fraction of sp³-hybridized carbons (Fsp3) is 0.591. The predicted molar refractivity (Wildman–Crippen MR) is 115 cm³/mol. The van der Waals surface area contributed by atoms with Gasteiger partial charge in [0.25, 0.3) is 5.91 Å². The molecule has 1 saturated heterocycles. The fourth-order valence-electron chi connectivity index (χ4n) is 5.15. The molecule has 1 spiro atoms. The topological polar surface area (TPSA) is 78.5 Å². The van der Waals surface area contributed by atoms with Crippen LogP contribution in [-0.2, 0) is 9.59 Å². The first-order chi connectivity index (χ1) is 13.5. The maximum Gasteiger partial charge on any atom is 0.325 e. The lowest BCUT2D eigenvalue weighted by Crippen LogP contribution is -2.54. The molecule has 0 bridgehead atoms. The molecule has 1 aliphatic heterocycles. The molecule has 1 aromatic carbocycles. The molecule has 2 N–H and O–H groups in total. The Morgan fingerprint density at radius 1 is 1.28 bits per heavy atom. The maximum absolute atomic E-state index is 13.2. The van der Waals surface area contributed by atoms with Crippen LogP contribution in [0.3, 0.4) is 0 Å². The standard InChI is InChI=1S/C22H30BrN3O3/c1-5-17(15-6-8-16(23)9-7-15)24-18(27)12-26-19(28)22(25-20(26)29)11-14(2)10-21(3,4)13-22/h6-9,14,17H,5,10-13H2,1-4H3,(H,24,27)(H,25,29)/t14-,17+,22-/m1/s1. The summed E-state index contributed by atoms with van der Waals surface area (Å²) in [6.07, 6.45) is 2.95. The van der Waals surface area contributed by atoms with Crippen molar-refractivity contribution in [3.8, 4) is 0 Å². The van der Waals surface area contributed by atoms with E-state index in [4.69, 9.17) is 0 Å². The highest BCUT2D eigenvalue weighted by molar-refractivity contribution is 9.10. The van der Waals surface area contributed by atoms with E-state index in [0.29, 0.717) is 25.2 Å². The van der Waals surface area contributed by atoms with Gasteiger partial charge in [-0.25, -0.2) is 4.79 Å². The number of carbonyl (C=O) groups is 3. The van der Waals surface area contributed by atoms with Crippen LogP contribution in [0.4, 0.5) is 4.79 Å². The number of urea groups is 1. The zero-order chi connectivity index (χ0) is 21.4. The molecule has 1 heterocycles. The Labute approximate surface area is 180 Å². The van der Waals surface area contributed by atoms with Gasteiger partial charge in [0.1, 0.15) is 12.1 Å². The van der Waals surface area contributed by atoms with E-state index in [1.165, 1.54) is 0 Å². The van der Waals surface area contributed by atoms with E-state index in [0.717, 1.165) is 21.4 Å². The van der Waals surface area contributed by atoms with Gasteiger partial charge >= 0.3 is 6.03 Å². The third-order valence-corrected chi connectivity index (χ3v) is 6.47. The summed E-state index contributed by atoms with van der Waals surface area (Å²) < 4.78 is 0.969. The van der Waals surface area contributed by atoms with E-state index in [1.54, 1.807) is 0 Å². The first-order valence-electron chi connectivity index (χ1n) is 10.2. The number of nitrogens with one attached hydrogen (secondary N) is 2. The number of nitrogens with zero attached hydrogens (tertiary/aromatic N) is 1. The predicted octanol–water partition coefficient (Wildman–Crippen LogP) is 4.15. The highest BCUT2D eigenvalue weighted by Gasteiger charge is 2.56. The molecule has 7 heteroatoms. The van der Waals surface area contributed by atoms with Gasteiger partial charge in [-0.05, 0) is 54.7 Å². The molecule has 2 fully saturated rings. The van der Waals surface area contributed by atoms with Crippen LogP contribution in [-0.4, -0.2) is 34.8 Å². The van der Waals surface area contributed by atoms with Gasteiger partial charge in [0, 0.05) is 4.47 Å². The lowest BCUT2D eigenvalue weighted by atomic mass is 9.64. The second kappa shape index (κ2) is 8.09. The van der Waals surface area contributed by atoms with Gasteiger partial charge in [-0.2, -0.15) is 0 Å². The summed E-state index contributed by atoms with van der Waals surface area (Å²) in [6, 6.07) is 7.12. The van der Waals surface area contributed by atoms with Gasteiger partial charge in [0.15, 0.2) is 0 Å². The molecule has 2 aliphatic rings. The van der Waals surface area contributed by atoms with Crippen molar-refractivity contribution in [2.45, 2.75) is 65.0 Å². The molecule has 29 heavy (non-hydrogen) atoms. The number of halogens is 1. The molecular formula is C22H30BrN3O3. The van der Waals surface area contributed by atoms with E-state index in [1.807, 2.05) is 31.2 Å². The SMILES string of the molecule is CC[C@H](NC(=O)CN1C(=O)N[C@@]2(C[C@H](C)CC(C)(C)C2)C1=O)c1ccc(Br)cc1. The van der Waals surface area contributed by atoms with Crippen LogP contribution in [0.5, 0.6) is 0 Å². The average Bonchev–Trinajstić information content (AvgIpc) is 2.82. The van der Waals surface area contributed by atoms with Crippen molar-refractivity contribution in [2.75, 3.05) is 6.54 Å². The molecular weight excluding hydrogens is 434 g/mol. The molecule has 0 radical (unpaired) electrons. The molecule has 1 saturated carbocycles. The van der Waals surface area contributed by atoms with Crippen molar-refractivity contribution in [1.29, 1.82) is 0 Å². The Balaban J connectivity index is 1.69. The first kappa shape index (κ1) is 21.8. The summed E-state index contributed by atoms with van der Waals surface area (Å²) in [6.45, 7) is 8.10. The highest BCUT2D eigenvalue weighted by Crippen LogP contribution is 2.46. The Morgan fingerprint density at radius 2 is 1.93 bits per heavy atom. The normalized spacial score (nSPS) is 27.1. The van der Waals surface area contributed by atoms with Crippen LogP contribution in [0.1, 0.15) is 65.0 Å². The monoisotopic (exact) mass is 463 g/mol. The summed E-state index contributed by atoms with van der Waals surface area (Å²) >= 11 is 3.41. The van der Waals surface area contributed by atoms with Crippen molar-refractivity contribution in [1.82, 2.24) is 15.5 Å². The van der Waals surface area contributed by atoms with Crippen molar-refractivity contribution < 1.29 is 14.4 Å². The van der Waals surface area contributed by atoms with Gasteiger partial charge in [0.2, 0.25) is 5.91 Å². The number of hydrogen-bond donors (Lipinski definition) is 2. The summed E-state index contributed by atoms with van der Waals surface area (Å²) in [5.41, 5.74) is 0.0721.